The van der Waals surface area contributed by atoms with Crippen LogP contribution in [0.25, 0.3) is 0 Å². The minimum atomic E-state index is -4.31. The maximum atomic E-state index is 12.8. The zero-order valence-electron chi connectivity index (χ0n) is 9.63. The number of nitrogens with zero attached hydrogens (tertiary/aromatic N) is 1. The molecule has 0 aliphatic heterocycles. The van der Waals surface area contributed by atoms with Gasteiger partial charge in [0.05, 0.1) is 17.8 Å². The van der Waals surface area contributed by atoms with Crippen LogP contribution in [0.15, 0.2) is 12.4 Å². The molecule has 1 aromatic heterocycles. The number of amides is 1. The number of carbonyl (C=O) groups excluding carboxylic acids is 1. The van der Waals surface area contributed by atoms with Crippen molar-refractivity contribution in [2.24, 2.45) is 11.8 Å². The third kappa shape index (κ3) is 2.83. The second-order valence-corrected chi connectivity index (χ2v) is 4.52. The largest absolute Gasteiger partial charge is 0.392 e. The first-order chi connectivity index (χ1) is 8.48. The van der Waals surface area contributed by atoms with Gasteiger partial charge in [-0.25, -0.2) is 0 Å². The summed E-state index contributed by atoms with van der Waals surface area (Å²) in [7, 11) is 0. The summed E-state index contributed by atoms with van der Waals surface area (Å²) in [4.78, 5) is 11.9. The average Bonchev–Trinajstić information content (AvgIpc) is 2.80. The van der Waals surface area contributed by atoms with E-state index in [0.29, 0.717) is 18.5 Å². The van der Waals surface area contributed by atoms with Crippen molar-refractivity contribution in [3.8, 4) is 0 Å². The molecule has 1 aliphatic carbocycles. The zero-order valence-corrected chi connectivity index (χ0v) is 9.63. The molecule has 1 aliphatic rings. The highest BCUT2D eigenvalue weighted by molar-refractivity contribution is 5.92. The lowest BCUT2D eigenvalue weighted by molar-refractivity contribution is -0.197. The van der Waals surface area contributed by atoms with Gasteiger partial charge in [0, 0.05) is 12.1 Å². The molecule has 100 valence electrons. The molecule has 0 bridgehead atoms. The molecule has 0 spiro atoms. The molecule has 2 rings (SSSR count). The van der Waals surface area contributed by atoms with E-state index in [9.17, 15) is 18.0 Å². The first-order valence-corrected chi connectivity index (χ1v) is 5.85. The van der Waals surface area contributed by atoms with Crippen LogP contribution >= 0.6 is 0 Å². The van der Waals surface area contributed by atoms with Crippen molar-refractivity contribution in [2.45, 2.75) is 31.9 Å². The maximum Gasteiger partial charge on any atom is 0.392 e. The first-order valence-electron chi connectivity index (χ1n) is 5.85. The van der Waals surface area contributed by atoms with E-state index in [0.717, 1.165) is 0 Å². The molecule has 7 heteroatoms. The Morgan fingerprint density at radius 3 is 2.72 bits per heavy atom. The van der Waals surface area contributed by atoms with E-state index in [1.807, 2.05) is 0 Å². The lowest BCUT2D eigenvalue weighted by Crippen LogP contribution is -2.39. The van der Waals surface area contributed by atoms with E-state index < -0.39 is 23.9 Å². The standard InChI is InChI=1S/C11H14F3N3O/c12-11(13,14)9-4-2-1-3-8(9)10(18)17-7-5-15-16-6-7/h5-6,8-9H,1-4H2,(H,15,16)(H,17,18). The summed E-state index contributed by atoms with van der Waals surface area (Å²) in [6, 6.07) is 0. The molecule has 1 fully saturated rings. The molecule has 4 nitrogen and oxygen atoms in total. The Balaban J connectivity index is 2.06. The predicted molar refractivity (Wildman–Crippen MR) is 58.7 cm³/mol. The van der Waals surface area contributed by atoms with E-state index in [2.05, 4.69) is 15.5 Å². The number of anilines is 1. The molecule has 2 atom stereocenters. The SMILES string of the molecule is O=C(Nc1cn[nH]c1)C1CCCCC1C(F)(F)F. The Kier molecular flexibility index (Phi) is 3.58. The van der Waals surface area contributed by atoms with Gasteiger partial charge in [-0.15, -0.1) is 0 Å². The first kappa shape index (κ1) is 12.9. The molecule has 0 radical (unpaired) electrons. The van der Waals surface area contributed by atoms with Gasteiger partial charge in [-0.2, -0.15) is 18.3 Å². The fourth-order valence-electron chi connectivity index (χ4n) is 2.39. The maximum absolute atomic E-state index is 12.8. The van der Waals surface area contributed by atoms with E-state index in [1.54, 1.807) is 0 Å². The molecule has 1 heterocycles. The third-order valence-electron chi connectivity index (χ3n) is 3.29. The second kappa shape index (κ2) is 4.99. The molecule has 2 N–H and O–H groups in total. The Morgan fingerprint density at radius 1 is 1.39 bits per heavy atom. The molecule has 2 unspecified atom stereocenters. The smallest absolute Gasteiger partial charge is 0.323 e. The van der Waals surface area contributed by atoms with E-state index in [-0.39, 0.29) is 12.8 Å². The summed E-state index contributed by atoms with van der Waals surface area (Å²) >= 11 is 0. The van der Waals surface area contributed by atoms with E-state index >= 15 is 0 Å². The minimum absolute atomic E-state index is 0.0347. The van der Waals surface area contributed by atoms with Gasteiger partial charge in [0.1, 0.15) is 0 Å². The molecule has 0 saturated heterocycles. The van der Waals surface area contributed by atoms with Gasteiger partial charge < -0.3 is 5.32 Å². The highest BCUT2D eigenvalue weighted by atomic mass is 19.4. The summed E-state index contributed by atoms with van der Waals surface area (Å²) < 4.78 is 38.5. The molecule has 1 amide bonds. The zero-order chi connectivity index (χ0) is 13.2. The lowest BCUT2D eigenvalue weighted by Gasteiger charge is -2.31. The number of aromatic amines is 1. The summed E-state index contributed by atoms with van der Waals surface area (Å²) in [6.07, 6.45) is 0.00201. The number of alkyl halides is 3. The van der Waals surface area contributed by atoms with Gasteiger partial charge in [0.25, 0.3) is 0 Å². The highest BCUT2D eigenvalue weighted by Gasteiger charge is 2.48. The van der Waals surface area contributed by atoms with Gasteiger partial charge >= 0.3 is 6.18 Å². The number of halogens is 3. The predicted octanol–water partition coefficient (Wildman–Crippen LogP) is 2.72. The van der Waals surface area contributed by atoms with Gasteiger partial charge in [0.2, 0.25) is 5.91 Å². The van der Waals surface area contributed by atoms with Gasteiger partial charge in [-0.05, 0) is 12.8 Å². The Morgan fingerprint density at radius 2 is 2.11 bits per heavy atom. The van der Waals surface area contributed by atoms with Crippen molar-refractivity contribution < 1.29 is 18.0 Å². The number of H-pyrrole nitrogens is 1. The molecular formula is C11H14F3N3O. The van der Waals surface area contributed by atoms with Crippen LogP contribution in [0, 0.1) is 11.8 Å². The molecule has 1 saturated carbocycles. The van der Waals surface area contributed by atoms with Crippen molar-refractivity contribution in [1.82, 2.24) is 10.2 Å². The monoisotopic (exact) mass is 261 g/mol. The number of hydrogen-bond donors (Lipinski definition) is 2. The van der Waals surface area contributed by atoms with E-state index in [1.165, 1.54) is 12.4 Å². The second-order valence-electron chi connectivity index (χ2n) is 4.52. The minimum Gasteiger partial charge on any atom is -0.323 e. The van der Waals surface area contributed by atoms with Crippen LogP contribution in [0.4, 0.5) is 18.9 Å². The summed E-state index contributed by atoms with van der Waals surface area (Å²) in [5.41, 5.74) is 0.395. The van der Waals surface area contributed by atoms with Crippen LogP contribution in [0.3, 0.4) is 0 Å². The van der Waals surface area contributed by atoms with Gasteiger partial charge in [-0.3, -0.25) is 9.89 Å². The lowest BCUT2D eigenvalue weighted by atomic mass is 9.78. The van der Waals surface area contributed by atoms with Crippen molar-refractivity contribution in [1.29, 1.82) is 0 Å². The average molecular weight is 261 g/mol. The highest BCUT2D eigenvalue weighted by Crippen LogP contribution is 2.41. The molecule has 1 aromatic rings. The normalized spacial score (nSPS) is 24.8. The number of hydrogen-bond acceptors (Lipinski definition) is 2. The molecule has 0 aromatic carbocycles. The Bertz CT molecular complexity index is 402. The van der Waals surface area contributed by atoms with Crippen LogP contribution < -0.4 is 5.32 Å². The number of rotatable bonds is 2. The quantitative estimate of drug-likeness (QED) is 0.860. The Labute approximate surface area is 102 Å². The summed E-state index contributed by atoms with van der Waals surface area (Å²) in [5, 5.41) is 8.58. The van der Waals surface area contributed by atoms with Crippen LogP contribution in [0.5, 0.6) is 0 Å². The summed E-state index contributed by atoms with van der Waals surface area (Å²) in [6.45, 7) is 0. The van der Waals surface area contributed by atoms with Crippen LogP contribution in [-0.4, -0.2) is 22.3 Å². The topological polar surface area (TPSA) is 57.8 Å². The van der Waals surface area contributed by atoms with Crippen LogP contribution in [0.1, 0.15) is 25.7 Å². The number of carbonyl (C=O) groups is 1. The number of aromatic nitrogens is 2. The van der Waals surface area contributed by atoms with Crippen LogP contribution in [-0.2, 0) is 4.79 Å². The van der Waals surface area contributed by atoms with Crippen molar-refractivity contribution >= 4 is 11.6 Å². The van der Waals surface area contributed by atoms with Gasteiger partial charge in [0.15, 0.2) is 0 Å². The van der Waals surface area contributed by atoms with Crippen molar-refractivity contribution in [2.75, 3.05) is 5.32 Å². The van der Waals surface area contributed by atoms with E-state index in [4.69, 9.17) is 0 Å². The fourth-order valence-corrected chi connectivity index (χ4v) is 2.39. The molecular weight excluding hydrogens is 247 g/mol. The number of nitrogens with one attached hydrogen (secondary N) is 2. The van der Waals surface area contributed by atoms with Crippen LogP contribution in [0.2, 0.25) is 0 Å². The fraction of sp³-hybridized carbons (Fsp3) is 0.636. The Hall–Kier alpha value is -1.53. The van der Waals surface area contributed by atoms with Crippen molar-refractivity contribution in [3.05, 3.63) is 12.4 Å². The molecule has 18 heavy (non-hydrogen) atoms. The summed E-state index contributed by atoms with van der Waals surface area (Å²) in [5.74, 6) is -3.09. The third-order valence-corrected chi connectivity index (χ3v) is 3.29. The van der Waals surface area contributed by atoms with Gasteiger partial charge in [-0.1, -0.05) is 12.8 Å². The van der Waals surface area contributed by atoms with Crippen molar-refractivity contribution in [3.63, 3.8) is 0 Å².